The van der Waals surface area contributed by atoms with E-state index in [0.29, 0.717) is 11.3 Å². The molecule has 1 spiro atoms. The zero-order chi connectivity index (χ0) is 32.2. The fourth-order valence-corrected chi connectivity index (χ4v) is 7.71. The van der Waals surface area contributed by atoms with Crippen LogP contribution in [0.25, 0.3) is 38.4 Å². The summed E-state index contributed by atoms with van der Waals surface area (Å²) < 4.78 is 6.68. The Morgan fingerprint density at radius 2 is 1.17 bits per heavy atom. The number of nitrogens with one attached hydrogen (secondary N) is 1. The third kappa shape index (κ3) is 4.14. The van der Waals surface area contributed by atoms with Crippen molar-refractivity contribution in [2.75, 3.05) is 0 Å². The van der Waals surface area contributed by atoms with Gasteiger partial charge in [0.2, 0.25) is 0 Å². The summed E-state index contributed by atoms with van der Waals surface area (Å²) in [6.45, 7) is 0. The van der Waals surface area contributed by atoms with Crippen LogP contribution < -0.4 is 4.74 Å². The Balaban J connectivity index is 1.09. The highest BCUT2D eigenvalue weighted by atomic mass is 16.5. The average molecular weight is 614 g/mol. The second-order valence-corrected chi connectivity index (χ2v) is 12.4. The molecule has 0 atom stereocenters. The molecule has 1 aliphatic heterocycles. The summed E-state index contributed by atoms with van der Waals surface area (Å²) in [5, 5.41) is 22.0. The molecule has 226 valence electrons. The van der Waals surface area contributed by atoms with E-state index in [1.165, 1.54) is 22.3 Å². The van der Waals surface area contributed by atoms with Crippen molar-refractivity contribution in [2.45, 2.75) is 5.41 Å². The van der Waals surface area contributed by atoms with Gasteiger partial charge in [-0.15, -0.1) is 0 Å². The van der Waals surface area contributed by atoms with Crippen molar-refractivity contribution < 1.29 is 4.74 Å². The van der Waals surface area contributed by atoms with Crippen molar-refractivity contribution >= 4 is 22.2 Å². The topological polar surface area (TPSA) is 55.4 Å². The molecule has 0 saturated carbocycles. The summed E-state index contributed by atoms with van der Waals surface area (Å²) in [6, 6.07) is 54.2. The number of para-hydroxylation sites is 1. The van der Waals surface area contributed by atoms with Gasteiger partial charge < -0.3 is 15.6 Å². The van der Waals surface area contributed by atoms with Crippen LogP contribution in [0, 0.1) is 5.41 Å². The molecule has 1 aliphatic carbocycles. The third-order valence-corrected chi connectivity index (χ3v) is 9.83. The molecule has 0 saturated heterocycles. The van der Waals surface area contributed by atoms with E-state index in [9.17, 15) is 5.41 Å². The van der Waals surface area contributed by atoms with Crippen LogP contribution in [-0.4, -0.2) is 11.4 Å². The maximum absolute atomic E-state index is 11.1. The Morgan fingerprint density at radius 1 is 0.542 bits per heavy atom. The Bertz CT molecular complexity index is 2440. The lowest BCUT2D eigenvalue weighted by molar-refractivity contribution is 0.436. The van der Waals surface area contributed by atoms with E-state index in [4.69, 9.17) is 10.1 Å². The third-order valence-electron chi connectivity index (χ3n) is 9.83. The largest absolute Gasteiger partial charge is 0.803 e. The lowest BCUT2D eigenvalue weighted by atomic mass is 9.66. The Hall–Kier alpha value is -6.32. The van der Waals surface area contributed by atoms with Crippen LogP contribution in [0.1, 0.15) is 33.4 Å². The zero-order valence-corrected chi connectivity index (χ0v) is 26.0. The first kappa shape index (κ1) is 27.9. The van der Waals surface area contributed by atoms with Gasteiger partial charge in [-0.05, 0) is 74.0 Å². The van der Waals surface area contributed by atoms with Gasteiger partial charge in [0.15, 0.2) is 0 Å². The van der Waals surface area contributed by atoms with Gasteiger partial charge in [-0.1, -0.05) is 146 Å². The second kappa shape index (κ2) is 10.9. The Morgan fingerprint density at radius 3 is 1.98 bits per heavy atom. The van der Waals surface area contributed by atoms with Crippen molar-refractivity contribution in [3.8, 4) is 33.8 Å². The SMILES string of the molecule is [N-]=C(/C=C\C(=N)c1cccc2ccccc12)c1cccc(-c2ccc3c(c2)Oc2ccccc2C32c3ccccc3-c3ccccc32)c1. The van der Waals surface area contributed by atoms with Crippen LogP contribution in [0.2, 0.25) is 0 Å². The molecule has 7 aromatic rings. The number of rotatable bonds is 5. The molecule has 7 aromatic carbocycles. The van der Waals surface area contributed by atoms with Crippen LogP contribution >= 0.6 is 0 Å². The highest BCUT2D eigenvalue weighted by molar-refractivity contribution is 6.19. The summed E-state index contributed by atoms with van der Waals surface area (Å²) >= 11 is 0. The molecule has 0 radical (unpaired) electrons. The average Bonchev–Trinajstić information content (AvgIpc) is 3.44. The fraction of sp³-hybridized carbons (Fsp3) is 0.0222. The monoisotopic (exact) mass is 613 g/mol. The standard InChI is InChI=1S/C45H29N2O/c46-41(25-26-42(47)36-18-10-12-29-11-1-2-15-33(29)36)32-14-9-13-30(27-32)31-23-24-40-44(28-31)48-43-22-8-7-21-39(43)45(40)37-19-5-3-16-34(37)35-17-4-6-20-38(35)45/h1-28,47H/q-1/b26-25-,47-42?. The van der Waals surface area contributed by atoms with E-state index in [0.717, 1.165) is 50.1 Å². The van der Waals surface area contributed by atoms with E-state index in [1.54, 1.807) is 12.2 Å². The van der Waals surface area contributed by atoms with Gasteiger partial charge in [0, 0.05) is 16.7 Å². The minimum Gasteiger partial charge on any atom is -0.803 e. The molecule has 9 rings (SSSR count). The highest BCUT2D eigenvalue weighted by Crippen LogP contribution is 2.62. The maximum atomic E-state index is 11.1. The van der Waals surface area contributed by atoms with E-state index in [-0.39, 0.29) is 5.71 Å². The van der Waals surface area contributed by atoms with Gasteiger partial charge in [0.25, 0.3) is 0 Å². The first-order valence-corrected chi connectivity index (χ1v) is 16.2. The quantitative estimate of drug-likeness (QED) is 0.193. The van der Waals surface area contributed by atoms with Crippen LogP contribution in [0.5, 0.6) is 11.5 Å². The molecule has 1 heterocycles. The Kier molecular flexibility index (Phi) is 6.34. The predicted molar refractivity (Wildman–Crippen MR) is 197 cm³/mol. The molecule has 0 aromatic heterocycles. The Labute approximate surface area is 279 Å². The van der Waals surface area contributed by atoms with Gasteiger partial charge in [0.1, 0.15) is 11.5 Å². The van der Waals surface area contributed by atoms with E-state index >= 15 is 0 Å². The van der Waals surface area contributed by atoms with Crippen LogP contribution in [0.15, 0.2) is 170 Å². The molecule has 2 aliphatic rings. The van der Waals surface area contributed by atoms with Crippen molar-refractivity contribution in [3.63, 3.8) is 0 Å². The molecule has 0 bridgehead atoms. The smallest absolute Gasteiger partial charge is 0.132 e. The molecule has 48 heavy (non-hydrogen) atoms. The minimum absolute atomic E-state index is 0.100. The van der Waals surface area contributed by atoms with Crippen molar-refractivity contribution in [3.05, 3.63) is 209 Å². The van der Waals surface area contributed by atoms with E-state index in [2.05, 4.69) is 84.9 Å². The van der Waals surface area contributed by atoms with Gasteiger partial charge in [-0.3, -0.25) is 0 Å². The van der Waals surface area contributed by atoms with Crippen molar-refractivity contribution in [2.24, 2.45) is 0 Å². The predicted octanol–water partition coefficient (Wildman–Crippen LogP) is 11.0. The number of nitrogens with zero attached hydrogens (tertiary/aromatic N) is 1. The number of fused-ring (bicyclic) bond motifs is 10. The van der Waals surface area contributed by atoms with E-state index in [1.807, 2.05) is 72.8 Å². The summed E-state index contributed by atoms with van der Waals surface area (Å²) in [4.78, 5) is 0. The molecule has 0 unspecified atom stereocenters. The van der Waals surface area contributed by atoms with Crippen LogP contribution in [-0.2, 0) is 5.41 Å². The van der Waals surface area contributed by atoms with Gasteiger partial charge in [-0.25, -0.2) is 0 Å². The zero-order valence-electron chi connectivity index (χ0n) is 26.0. The first-order chi connectivity index (χ1) is 23.6. The molecule has 0 amide bonds. The second-order valence-electron chi connectivity index (χ2n) is 12.4. The first-order valence-electron chi connectivity index (χ1n) is 16.2. The number of allylic oxidation sites excluding steroid dienone is 2. The number of ether oxygens (including phenoxy) is 1. The number of hydrogen-bond acceptors (Lipinski definition) is 2. The summed E-state index contributed by atoms with van der Waals surface area (Å²) in [5.41, 5.74) is 10.7. The van der Waals surface area contributed by atoms with Gasteiger partial charge in [-0.2, -0.15) is 5.71 Å². The summed E-state index contributed by atoms with van der Waals surface area (Å²) in [6.07, 6.45) is 3.26. The number of benzene rings is 7. The number of hydrogen-bond donors (Lipinski definition) is 1. The summed E-state index contributed by atoms with van der Waals surface area (Å²) in [7, 11) is 0. The molecule has 3 heteroatoms. The maximum Gasteiger partial charge on any atom is 0.132 e. The highest BCUT2D eigenvalue weighted by Gasteiger charge is 2.50. The van der Waals surface area contributed by atoms with Gasteiger partial charge >= 0.3 is 0 Å². The molecular weight excluding hydrogens is 585 g/mol. The van der Waals surface area contributed by atoms with Crippen LogP contribution in [0.3, 0.4) is 0 Å². The normalized spacial score (nSPS) is 13.4. The van der Waals surface area contributed by atoms with Crippen molar-refractivity contribution in [1.29, 1.82) is 5.41 Å². The molecule has 0 fully saturated rings. The molecule has 3 nitrogen and oxygen atoms in total. The lowest BCUT2D eigenvalue weighted by Crippen LogP contribution is -2.32. The van der Waals surface area contributed by atoms with Gasteiger partial charge in [0.05, 0.1) is 11.1 Å². The van der Waals surface area contributed by atoms with E-state index < -0.39 is 5.41 Å². The fourth-order valence-electron chi connectivity index (χ4n) is 7.71. The van der Waals surface area contributed by atoms with Crippen LogP contribution in [0.4, 0.5) is 0 Å². The molecular formula is C45H29N2O-. The lowest BCUT2D eigenvalue weighted by Gasteiger charge is -2.39. The molecule has 1 N–H and O–H groups in total. The van der Waals surface area contributed by atoms with Crippen molar-refractivity contribution in [1.82, 2.24) is 0 Å². The minimum atomic E-state index is -0.497. The summed E-state index contributed by atoms with van der Waals surface area (Å²) in [5.74, 6) is 1.67.